The van der Waals surface area contributed by atoms with Gasteiger partial charge in [-0.05, 0) is 38.8 Å². The molecule has 0 bridgehead atoms. The van der Waals surface area contributed by atoms with Crippen molar-refractivity contribution in [2.24, 2.45) is 17.3 Å². The van der Waals surface area contributed by atoms with E-state index < -0.39 is 0 Å². The predicted octanol–water partition coefficient (Wildman–Crippen LogP) is 2.37. The van der Waals surface area contributed by atoms with Crippen LogP contribution in [0.1, 0.15) is 39.0 Å². The molecule has 0 unspecified atom stereocenters. The molecule has 3 aliphatic heterocycles. The van der Waals surface area contributed by atoms with Gasteiger partial charge in [0, 0.05) is 23.3 Å². The third kappa shape index (κ3) is 1.57. The minimum Gasteiger partial charge on any atom is -0.461 e. The predicted molar refractivity (Wildman–Crippen MR) is 72.6 cm³/mol. The minimum absolute atomic E-state index is 0.0278. The highest BCUT2D eigenvalue weighted by atomic mass is 16.6. The van der Waals surface area contributed by atoms with E-state index in [1.54, 1.807) is 0 Å². The Morgan fingerprint density at radius 3 is 3.11 bits per heavy atom. The van der Waals surface area contributed by atoms with Crippen molar-refractivity contribution in [1.82, 2.24) is 4.90 Å². The van der Waals surface area contributed by atoms with Gasteiger partial charge in [-0.2, -0.15) is 0 Å². The third-order valence-electron chi connectivity index (χ3n) is 6.01. The second-order valence-corrected chi connectivity index (χ2v) is 6.89. The number of fused-ring (bicyclic) bond motifs is 4. The molecule has 19 heavy (non-hydrogen) atoms. The first-order chi connectivity index (χ1) is 9.21. The molecule has 0 aromatic rings. The van der Waals surface area contributed by atoms with E-state index in [1.165, 1.54) is 38.8 Å². The molecule has 3 heterocycles. The standard InChI is InChI=1S/C16H23NO2/c1-11-5-7-16(12-10-14(18)19-15(11)12)6-3-9-17-8-2-4-13(16)17/h5,7,11-13,15H,2-4,6,8-10H2,1H3/t11-,12+,13+,15-,16-/m0/s1. The lowest BCUT2D eigenvalue weighted by atomic mass is 9.58. The molecule has 0 saturated carbocycles. The molecule has 1 aliphatic carbocycles. The molecular weight excluding hydrogens is 238 g/mol. The number of hydrogen-bond acceptors (Lipinski definition) is 3. The molecule has 4 aliphatic rings. The van der Waals surface area contributed by atoms with Crippen LogP contribution in [0, 0.1) is 17.3 Å². The lowest BCUT2D eigenvalue weighted by Gasteiger charge is -2.52. The minimum atomic E-state index is 0.0278. The zero-order chi connectivity index (χ0) is 13.0. The summed E-state index contributed by atoms with van der Waals surface area (Å²) in [4.78, 5) is 14.5. The molecule has 0 N–H and O–H groups in total. The Hall–Kier alpha value is -0.830. The summed E-state index contributed by atoms with van der Waals surface area (Å²) in [6.07, 6.45) is 10.7. The van der Waals surface area contributed by atoms with E-state index in [4.69, 9.17) is 4.74 Å². The Morgan fingerprint density at radius 2 is 2.21 bits per heavy atom. The summed E-state index contributed by atoms with van der Waals surface area (Å²) in [6, 6.07) is 0.659. The Balaban J connectivity index is 1.75. The number of nitrogens with zero attached hydrogens (tertiary/aromatic N) is 1. The van der Waals surface area contributed by atoms with Gasteiger partial charge in [0.1, 0.15) is 6.10 Å². The summed E-state index contributed by atoms with van der Waals surface area (Å²) in [5.74, 6) is 0.838. The highest BCUT2D eigenvalue weighted by Crippen LogP contribution is 2.55. The van der Waals surface area contributed by atoms with E-state index in [9.17, 15) is 4.79 Å². The second kappa shape index (κ2) is 4.08. The molecule has 104 valence electrons. The summed E-state index contributed by atoms with van der Waals surface area (Å²) in [7, 11) is 0. The van der Waals surface area contributed by atoms with Gasteiger partial charge >= 0.3 is 5.97 Å². The van der Waals surface area contributed by atoms with E-state index >= 15 is 0 Å². The fraction of sp³-hybridized carbons (Fsp3) is 0.812. The van der Waals surface area contributed by atoms with Crippen molar-refractivity contribution in [2.45, 2.75) is 51.2 Å². The Kier molecular flexibility index (Phi) is 2.57. The van der Waals surface area contributed by atoms with Crippen LogP contribution in [-0.2, 0) is 9.53 Å². The van der Waals surface area contributed by atoms with Crippen molar-refractivity contribution in [3.63, 3.8) is 0 Å². The van der Waals surface area contributed by atoms with Crippen LogP contribution in [0.25, 0.3) is 0 Å². The summed E-state index contributed by atoms with van der Waals surface area (Å²) >= 11 is 0. The largest absolute Gasteiger partial charge is 0.461 e. The van der Waals surface area contributed by atoms with Crippen molar-refractivity contribution < 1.29 is 9.53 Å². The third-order valence-corrected chi connectivity index (χ3v) is 6.01. The van der Waals surface area contributed by atoms with Crippen molar-refractivity contribution in [1.29, 1.82) is 0 Å². The molecular formula is C16H23NO2. The molecule has 0 amide bonds. The van der Waals surface area contributed by atoms with Gasteiger partial charge in [-0.3, -0.25) is 9.69 Å². The molecule has 3 saturated heterocycles. The highest BCUT2D eigenvalue weighted by molar-refractivity contribution is 5.72. The number of rotatable bonds is 0. The fourth-order valence-corrected chi connectivity index (χ4v) is 5.20. The van der Waals surface area contributed by atoms with Crippen LogP contribution in [0.4, 0.5) is 0 Å². The van der Waals surface area contributed by atoms with Crippen LogP contribution in [0.3, 0.4) is 0 Å². The first-order valence-electron chi connectivity index (χ1n) is 7.83. The molecule has 0 aromatic carbocycles. The molecule has 3 heteroatoms. The molecule has 3 fully saturated rings. The van der Waals surface area contributed by atoms with Gasteiger partial charge in [0.05, 0.1) is 6.42 Å². The maximum Gasteiger partial charge on any atom is 0.306 e. The number of piperidine rings is 1. The molecule has 3 nitrogen and oxygen atoms in total. The SMILES string of the molecule is C[C@H]1C=C[C@@]2(CCCN3CCC[C@@H]32)[C@@H]2CC(=O)O[C@H]21. The fourth-order valence-electron chi connectivity index (χ4n) is 5.20. The maximum absolute atomic E-state index is 11.8. The summed E-state index contributed by atoms with van der Waals surface area (Å²) in [5.41, 5.74) is 0.220. The second-order valence-electron chi connectivity index (χ2n) is 6.89. The van der Waals surface area contributed by atoms with Crippen molar-refractivity contribution in [3.8, 4) is 0 Å². The van der Waals surface area contributed by atoms with Crippen LogP contribution >= 0.6 is 0 Å². The monoisotopic (exact) mass is 261 g/mol. The summed E-state index contributed by atoms with van der Waals surface area (Å²) in [6.45, 7) is 4.69. The van der Waals surface area contributed by atoms with E-state index in [2.05, 4.69) is 24.0 Å². The molecule has 0 radical (unpaired) electrons. The summed E-state index contributed by atoms with van der Waals surface area (Å²) in [5, 5.41) is 0. The van der Waals surface area contributed by atoms with Crippen LogP contribution in [0.5, 0.6) is 0 Å². The number of carbonyl (C=O) groups excluding carboxylic acids is 1. The number of esters is 1. The van der Waals surface area contributed by atoms with E-state index in [0.717, 1.165) is 0 Å². The first-order valence-corrected chi connectivity index (χ1v) is 7.83. The van der Waals surface area contributed by atoms with Crippen LogP contribution in [-0.4, -0.2) is 36.1 Å². The lowest BCUT2D eigenvalue weighted by Crippen LogP contribution is -2.55. The van der Waals surface area contributed by atoms with E-state index in [1.807, 2.05) is 0 Å². The average Bonchev–Trinajstić information content (AvgIpc) is 3.01. The van der Waals surface area contributed by atoms with Crippen LogP contribution < -0.4 is 0 Å². The molecule has 4 rings (SSSR count). The van der Waals surface area contributed by atoms with Gasteiger partial charge in [-0.15, -0.1) is 0 Å². The Morgan fingerprint density at radius 1 is 1.37 bits per heavy atom. The zero-order valence-electron chi connectivity index (χ0n) is 11.7. The summed E-state index contributed by atoms with van der Waals surface area (Å²) < 4.78 is 5.64. The zero-order valence-corrected chi connectivity index (χ0v) is 11.7. The van der Waals surface area contributed by atoms with Crippen LogP contribution in [0.15, 0.2) is 12.2 Å². The van der Waals surface area contributed by atoms with E-state index in [-0.39, 0.29) is 17.5 Å². The van der Waals surface area contributed by atoms with Gasteiger partial charge in [-0.1, -0.05) is 19.1 Å². The van der Waals surface area contributed by atoms with Gasteiger partial charge in [0.15, 0.2) is 0 Å². The quantitative estimate of drug-likeness (QED) is 0.495. The topological polar surface area (TPSA) is 29.5 Å². The van der Waals surface area contributed by atoms with Crippen LogP contribution in [0.2, 0.25) is 0 Å². The maximum atomic E-state index is 11.8. The Bertz CT molecular complexity index is 432. The normalized spacial score (nSPS) is 49.2. The molecule has 5 atom stereocenters. The molecule has 0 aromatic heterocycles. The lowest BCUT2D eigenvalue weighted by molar-refractivity contribution is -0.143. The van der Waals surface area contributed by atoms with Gasteiger partial charge in [0.25, 0.3) is 0 Å². The molecule has 1 spiro atoms. The highest BCUT2D eigenvalue weighted by Gasteiger charge is 2.57. The number of carbonyl (C=O) groups is 1. The Labute approximate surface area is 115 Å². The number of hydrogen-bond donors (Lipinski definition) is 0. The van der Waals surface area contributed by atoms with Crippen molar-refractivity contribution >= 4 is 5.97 Å². The van der Waals surface area contributed by atoms with Gasteiger partial charge in [-0.25, -0.2) is 0 Å². The first kappa shape index (κ1) is 12.0. The number of ether oxygens (including phenoxy) is 1. The average molecular weight is 261 g/mol. The smallest absolute Gasteiger partial charge is 0.306 e. The van der Waals surface area contributed by atoms with Gasteiger partial charge in [0.2, 0.25) is 0 Å². The van der Waals surface area contributed by atoms with Gasteiger partial charge < -0.3 is 4.74 Å². The van der Waals surface area contributed by atoms with Crippen molar-refractivity contribution in [3.05, 3.63) is 12.2 Å². The van der Waals surface area contributed by atoms with Crippen molar-refractivity contribution in [2.75, 3.05) is 13.1 Å². The van der Waals surface area contributed by atoms with E-state index in [0.29, 0.717) is 24.3 Å².